The molecule has 4 nitrogen and oxygen atoms in total. The summed E-state index contributed by atoms with van der Waals surface area (Å²) in [6.45, 7) is 3.04. The van der Waals surface area contributed by atoms with E-state index in [4.69, 9.17) is 5.84 Å². The molecule has 17 heavy (non-hydrogen) atoms. The molecule has 0 spiro atoms. The van der Waals surface area contributed by atoms with Crippen molar-refractivity contribution in [1.82, 2.24) is 10.4 Å². The lowest BCUT2D eigenvalue weighted by atomic mass is 9.88. The molecule has 1 amide bonds. The largest absolute Gasteiger partial charge is 0.417 e. The van der Waals surface area contributed by atoms with Crippen molar-refractivity contribution in [3.05, 3.63) is 29.6 Å². The van der Waals surface area contributed by atoms with E-state index in [9.17, 15) is 18.0 Å². The Kier molecular flexibility index (Phi) is 3.42. The maximum atomic E-state index is 12.3. The predicted octanol–water partition coefficient (Wildman–Crippen LogP) is 1.37. The third-order valence-corrected chi connectivity index (χ3v) is 2.43. The number of alkyl halides is 3. The molecule has 0 radical (unpaired) electrons. The molecular formula is C10H12F3N3O. The lowest BCUT2D eigenvalue weighted by molar-refractivity contribution is -0.137. The molecule has 0 unspecified atom stereocenters. The van der Waals surface area contributed by atoms with Gasteiger partial charge in [-0.2, -0.15) is 13.2 Å². The van der Waals surface area contributed by atoms with Crippen LogP contribution in [-0.4, -0.2) is 10.9 Å². The normalized spacial score (nSPS) is 12.4. The average molecular weight is 247 g/mol. The van der Waals surface area contributed by atoms with Gasteiger partial charge in [0.2, 0.25) is 5.91 Å². The molecule has 0 atom stereocenters. The SMILES string of the molecule is CC(C)(C(=O)NN)c1ccc(C(F)(F)F)cn1. The number of carbonyl (C=O) groups is 1. The number of pyridine rings is 1. The first-order valence-electron chi connectivity index (χ1n) is 4.74. The highest BCUT2D eigenvalue weighted by Crippen LogP contribution is 2.30. The first-order valence-corrected chi connectivity index (χ1v) is 4.74. The molecule has 0 aliphatic heterocycles. The van der Waals surface area contributed by atoms with Gasteiger partial charge in [-0.05, 0) is 26.0 Å². The lowest BCUT2D eigenvalue weighted by Crippen LogP contribution is -2.44. The van der Waals surface area contributed by atoms with Gasteiger partial charge in [-0.25, -0.2) is 5.84 Å². The van der Waals surface area contributed by atoms with Crippen molar-refractivity contribution in [1.29, 1.82) is 0 Å². The fourth-order valence-corrected chi connectivity index (χ4v) is 1.23. The minimum Gasteiger partial charge on any atom is -0.293 e. The van der Waals surface area contributed by atoms with Gasteiger partial charge in [0, 0.05) is 6.20 Å². The zero-order chi connectivity index (χ0) is 13.3. The molecule has 0 saturated carbocycles. The summed E-state index contributed by atoms with van der Waals surface area (Å²) in [5.41, 5.74) is 0.223. The van der Waals surface area contributed by atoms with Gasteiger partial charge in [0.1, 0.15) is 0 Å². The third-order valence-electron chi connectivity index (χ3n) is 2.43. The minimum atomic E-state index is -4.44. The molecule has 0 aromatic carbocycles. The minimum absolute atomic E-state index is 0.216. The molecule has 7 heteroatoms. The molecular weight excluding hydrogens is 235 g/mol. The van der Waals surface area contributed by atoms with Crippen LogP contribution in [0.3, 0.4) is 0 Å². The van der Waals surface area contributed by atoms with Gasteiger partial charge in [-0.3, -0.25) is 15.2 Å². The molecule has 0 fully saturated rings. The van der Waals surface area contributed by atoms with Crippen LogP contribution in [0.5, 0.6) is 0 Å². The van der Waals surface area contributed by atoms with Crippen LogP contribution in [0.2, 0.25) is 0 Å². The summed E-state index contributed by atoms with van der Waals surface area (Å²) in [6, 6.07) is 2.05. The van der Waals surface area contributed by atoms with E-state index in [-0.39, 0.29) is 5.69 Å². The van der Waals surface area contributed by atoms with E-state index in [1.54, 1.807) is 0 Å². The second-order valence-corrected chi connectivity index (χ2v) is 4.03. The molecule has 0 saturated heterocycles. The van der Waals surface area contributed by atoms with Crippen LogP contribution in [0.15, 0.2) is 18.3 Å². The Labute approximate surface area is 96.0 Å². The average Bonchev–Trinajstić information content (AvgIpc) is 2.27. The Hall–Kier alpha value is -1.63. The summed E-state index contributed by atoms with van der Waals surface area (Å²) in [5.74, 6) is 4.46. The Bertz CT molecular complexity index is 412. The topological polar surface area (TPSA) is 68.0 Å². The van der Waals surface area contributed by atoms with Crippen LogP contribution in [0, 0.1) is 0 Å². The molecule has 0 aliphatic carbocycles. The van der Waals surface area contributed by atoms with E-state index < -0.39 is 23.1 Å². The van der Waals surface area contributed by atoms with Crippen molar-refractivity contribution < 1.29 is 18.0 Å². The van der Waals surface area contributed by atoms with Crippen LogP contribution >= 0.6 is 0 Å². The Morgan fingerprint density at radius 3 is 2.29 bits per heavy atom. The van der Waals surface area contributed by atoms with Crippen LogP contribution in [0.25, 0.3) is 0 Å². The van der Waals surface area contributed by atoms with Crippen molar-refractivity contribution in [2.24, 2.45) is 5.84 Å². The number of rotatable bonds is 2. The second kappa shape index (κ2) is 4.33. The summed E-state index contributed by atoms with van der Waals surface area (Å²) in [4.78, 5) is 15.1. The van der Waals surface area contributed by atoms with Crippen molar-refractivity contribution >= 4 is 5.91 Å². The Morgan fingerprint density at radius 1 is 1.35 bits per heavy atom. The number of nitrogens with one attached hydrogen (secondary N) is 1. The molecule has 0 bridgehead atoms. The fraction of sp³-hybridized carbons (Fsp3) is 0.400. The third kappa shape index (κ3) is 2.73. The van der Waals surface area contributed by atoms with E-state index >= 15 is 0 Å². The molecule has 94 valence electrons. The number of halogens is 3. The summed E-state index contributed by atoms with van der Waals surface area (Å²) in [6.07, 6.45) is -3.74. The fourth-order valence-electron chi connectivity index (χ4n) is 1.23. The van der Waals surface area contributed by atoms with Gasteiger partial charge in [-0.1, -0.05) is 0 Å². The van der Waals surface area contributed by atoms with E-state index in [1.807, 2.05) is 5.43 Å². The number of amides is 1. The zero-order valence-electron chi connectivity index (χ0n) is 9.30. The first-order chi connectivity index (χ1) is 7.69. The van der Waals surface area contributed by atoms with Gasteiger partial charge >= 0.3 is 6.18 Å². The molecule has 1 aromatic heterocycles. The highest BCUT2D eigenvalue weighted by atomic mass is 19.4. The molecule has 1 aromatic rings. The standard InChI is InChI=1S/C10H12F3N3O/c1-9(2,8(17)16-14)7-4-3-6(5-15-7)10(11,12)13/h3-5H,14H2,1-2H3,(H,16,17). The highest BCUT2D eigenvalue weighted by molar-refractivity contribution is 5.86. The Morgan fingerprint density at radius 2 is 1.94 bits per heavy atom. The van der Waals surface area contributed by atoms with Gasteiger partial charge < -0.3 is 0 Å². The number of nitrogens with zero attached hydrogens (tertiary/aromatic N) is 1. The summed E-state index contributed by atoms with van der Waals surface area (Å²) >= 11 is 0. The highest BCUT2D eigenvalue weighted by Gasteiger charge is 2.34. The smallest absolute Gasteiger partial charge is 0.293 e. The van der Waals surface area contributed by atoms with Crippen LogP contribution in [-0.2, 0) is 16.4 Å². The van der Waals surface area contributed by atoms with Crippen LogP contribution in [0.1, 0.15) is 25.1 Å². The van der Waals surface area contributed by atoms with Gasteiger partial charge in [-0.15, -0.1) is 0 Å². The van der Waals surface area contributed by atoms with Crippen molar-refractivity contribution in [2.75, 3.05) is 0 Å². The second-order valence-electron chi connectivity index (χ2n) is 4.03. The number of hydrogen-bond donors (Lipinski definition) is 2. The monoisotopic (exact) mass is 247 g/mol. The van der Waals surface area contributed by atoms with Crippen molar-refractivity contribution in [3.8, 4) is 0 Å². The number of hydrazine groups is 1. The van der Waals surface area contributed by atoms with E-state index in [0.717, 1.165) is 12.1 Å². The predicted molar refractivity (Wildman–Crippen MR) is 54.6 cm³/mol. The van der Waals surface area contributed by atoms with Gasteiger partial charge in [0.05, 0.1) is 16.7 Å². The lowest BCUT2D eigenvalue weighted by Gasteiger charge is -2.21. The van der Waals surface area contributed by atoms with Crippen LogP contribution in [0.4, 0.5) is 13.2 Å². The maximum absolute atomic E-state index is 12.3. The molecule has 3 N–H and O–H groups in total. The first kappa shape index (κ1) is 13.4. The number of carbonyl (C=O) groups excluding carboxylic acids is 1. The zero-order valence-corrected chi connectivity index (χ0v) is 9.30. The quantitative estimate of drug-likeness (QED) is 0.471. The molecule has 1 heterocycles. The summed E-state index contributed by atoms with van der Waals surface area (Å²) in [5, 5.41) is 0. The Balaban J connectivity index is 3.07. The number of aromatic nitrogens is 1. The number of nitrogens with two attached hydrogens (primary N) is 1. The molecule has 0 aliphatic rings. The van der Waals surface area contributed by atoms with Crippen molar-refractivity contribution in [2.45, 2.75) is 25.4 Å². The summed E-state index contributed by atoms with van der Waals surface area (Å²) in [7, 11) is 0. The van der Waals surface area contributed by atoms with Crippen molar-refractivity contribution in [3.63, 3.8) is 0 Å². The maximum Gasteiger partial charge on any atom is 0.417 e. The summed E-state index contributed by atoms with van der Waals surface area (Å²) < 4.78 is 36.9. The van der Waals surface area contributed by atoms with Gasteiger partial charge in [0.25, 0.3) is 0 Å². The number of hydrogen-bond acceptors (Lipinski definition) is 3. The van der Waals surface area contributed by atoms with Gasteiger partial charge in [0.15, 0.2) is 0 Å². The van der Waals surface area contributed by atoms with E-state index in [0.29, 0.717) is 6.20 Å². The van der Waals surface area contributed by atoms with Crippen LogP contribution < -0.4 is 11.3 Å². The van der Waals surface area contributed by atoms with E-state index in [1.165, 1.54) is 13.8 Å². The van der Waals surface area contributed by atoms with E-state index in [2.05, 4.69) is 4.98 Å². The molecule has 1 rings (SSSR count).